The summed E-state index contributed by atoms with van der Waals surface area (Å²) < 4.78 is 41.1. The summed E-state index contributed by atoms with van der Waals surface area (Å²) in [6.07, 6.45) is 16.2. The van der Waals surface area contributed by atoms with Crippen molar-refractivity contribution < 1.29 is 72.3 Å². The van der Waals surface area contributed by atoms with Gasteiger partial charge in [0.05, 0.1) is 103 Å². The molecule has 0 saturated carbocycles. The quantitative estimate of drug-likeness (QED) is 0.0168. The van der Waals surface area contributed by atoms with Crippen LogP contribution in [0.3, 0.4) is 0 Å². The fourth-order valence-corrected chi connectivity index (χ4v) is 18.9. The number of nitrogens with one attached hydrogen (secondary N) is 9. The van der Waals surface area contributed by atoms with E-state index in [9.17, 15) is 39.1 Å². The van der Waals surface area contributed by atoms with Crippen LogP contribution in [0, 0.1) is 0 Å². The van der Waals surface area contributed by atoms with E-state index in [1.807, 2.05) is 94.6 Å². The molecule has 0 aliphatic carbocycles. The van der Waals surface area contributed by atoms with E-state index in [4.69, 9.17) is 38.7 Å². The van der Waals surface area contributed by atoms with Crippen molar-refractivity contribution in [1.82, 2.24) is 95.9 Å². The van der Waals surface area contributed by atoms with Crippen LogP contribution < -0.4 is 52.8 Å². The first kappa shape index (κ1) is 99.5. The Morgan fingerprint density at radius 2 is 1.00 bits per heavy atom. The van der Waals surface area contributed by atoms with Crippen molar-refractivity contribution in [2.24, 2.45) is 0 Å². The van der Waals surface area contributed by atoms with E-state index >= 15 is 0 Å². The number of aliphatic hydroxyl groups is 3. The number of phosphoric ester groups is 1. The molecule has 0 spiro atoms. The highest BCUT2D eigenvalue weighted by Crippen LogP contribution is 2.45. The number of thiazole rings is 4. The number of methoxy groups -OCH3 is 1. The van der Waals surface area contributed by atoms with E-state index in [1.165, 1.54) is 52.3 Å². The fourth-order valence-electron chi connectivity index (χ4n) is 14.7. The van der Waals surface area contributed by atoms with E-state index in [-0.39, 0.29) is 55.4 Å². The van der Waals surface area contributed by atoms with Crippen molar-refractivity contribution in [3.8, 4) is 67.0 Å². The number of rotatable bonds is 27. The zero-order chi connectivity index (χ0) is 96.6. The average molecular weight is 1950 g/mol. The van der Waals surface area contributed by atoms with Gasteiger partial charge in [-0.05, 0) is 171 Å². The van der Waals surface area contributed by atoms with Gasteiger partial charge in [0.15, 0.2) is 49.4 Å². The minimum Gasteiger partial charge on any atom is -0.383 e. The molecule has 4 aromatic carbocycles. The zero-order valence-electron chi connectivity index (χ0n) is 76.7. The summed E-state index contributed by atoms with van der Waals surface area (Å²) in [5.41, 5.74) is 12.4. The molecule has 17 rings (SSSR count). The molecule has 714 valence electrons. The minimum absolute atomic E-state index is 0.139. The summed E-state index contributed by atoms with van der Waals surface area (Å²) >= 11 is 5.60. The van der Waals surface area contributed by atoms with Crippen molar-refractivity contribution in [2.75, 3.05) is 131 Å². The Morgan fingerprint density at radius 3 is 1.48 bits per heavy atom. The highest BCUT2D eigenvalue weighted by atomic mass is 32.1. The number of phosphoric acid groups is 1. The number of fused-ring (bicyclic) bond motifs is 4. The molecule has 136 heavy (non-hydrogen) atoms. The molecule has 3 atom stereocenters. The lowest BCUT2D eigenvalue weighted by Crippen LogP contribution is -2.47. The lowest BCUT2D eigenvalue weighted by Gasteiger charge is -2.35. The highest BCUT2D eigenvalue weighted by Gasteiger charge is 2.41. The first-order valence-electron chi connectivity index (χ1n) is 43.8. The molecule has 3 saturated heterocycles. The second kappa shape index (κ2) is 44.6. The summed E-state index contributed by atoms with van der Waals surface area (Å²) in [6, 6.07) is 24.4. The number of aromatic nitrogens is 14. The number of amides is 8. The van der Waals surface area contributed by atoms with Gasteiger partial charge in [-0.25, -0.2) is 83.6 Å². The Morgan fingerprint density at radius 1 is 0.537 bits per heavy atom. The van der Waals surface area contributed by atoms with Crippen molar-refractivity contribution in [3.63, 3.8) is 0 Å². The predicted molar refractivity (Wildman–Crippen MR) is 525 cm³/mol. The van der Waals surface area contributed by atoms with Crippen molar-refractivity contribution in [2.45, 2.75) is 118 Å². The van der Waals surface area contributed by atoms with Crippen molar-refractivity contribution >= 4 is 150 Å². The molecular formula is C91H106N25O15PS4. The van der Waals surface area contributed by atoms with E-state index in [0.717, 1.165) is 146 Å². The number of hydrogen-bond acceptors (Lipinski definition) is 34. The van der Waals surface area contributed by atoms with Crippen LogP contribution >= 0.6 is 53.2 Å². The summed E-state index contributed by atoms with van der Waals surface area (Å²) in [4.78, 5) is 133. The molecule has 0 radical (unpaired) electrons. The molecule has 10 aromatic heterocycles. The van der Waals surface area contributed by atoms with Crippen LogP contribution in [0.15, 0.2) is 141 Å². The Bertz CT molecular complexity index is 6550. The van der Waals surface area contributed by atoms with E-state index in [1.54, 1.807) is 90.6 Å². The van der Waals surface area contributed by atoms with E-state index in [2.05, 4.69) is 154 Å². The second-order valence-electron chi connectivity index (χ2n) is 32.8. The van der Waals surface area contributed by atoms with Gasteiger partial charge in [-0.15, -0.1) is 0 Å². The number of hydrogen-bond donors (Lipinski definition) is 14. The number of carbonyl (C=O) groups excluding carboxylic acids is 4. The Balaban J connectivity index is 0.000000146. The third-order valence-electron chi connectivity index (χ3n) is 20.9. The number of pyridine rings is 2. The molecule has 1 unspecified atom stereocenters. The molecule has 45 heteroatoms. The van der Waals surface area contributed by atoms with Crippen LogP contribution in [0.2, 0.25) is 0 Å². The Labute approximate surface area is 798 Å². The maximum absolute atomic E-state index is 12.2. The SMILES string of the molecule is CCNC(=O)Nc1nc2cc(-c3cnc(C(C)(C)O)nc3)c(NCCOC)cc2s1.CCNC(=O)Nc1nc2cc(-c3cnc(C(C)(C)O)nc3)cc(N3CCOCC3)c2s1.CCNC(=O)Nc1nc2cc(-c3cnc(C(C)OP(=O)(O)O)nc3)cc(-c3ccccn3)c2s1.CCNC(=O)Nc1nc2cc(-c3cnc(C4(O)COC4)nc3)cc(-c3cc(CN4C[C@@H](C)O[C@@H](C)C4)ccn3)c2s1. The summed E-state index contributed by atoms with van der Waals surface area (Å²) in [5, 5.41) is 58.1. The normalized spacial score (nSPS) is 15.2. The molecular weight excluding hydrogens is 1840 g/mol. The number of ether oxygens (including phenoxy) is 4. The lowest BCUT2D eigenvalue weighted by atomic mass is 10.00. The number of morpholine rings is 2. The molecule has 14 N–H and O–H groups in total. The molecule has 8 amide bonds. The van der Waals surface area contributed by atoms with Gasteiger partial charge in [0.25, 0.3) is 0 Å². The largest absolute Gasteiger partial charge is 0.470 e. The van der Waals surface area contributed by atoms with Crippen LogP contribution in [0.1, 0.15) is 111 Å². The topological polar surface area (TPSA) is 528 Å². The molecule has 3 fully saturated rings. The van der Waals surface area contributed by atoms with Crippen LogP contribution in [-0.2, 0) is 51.4 Å². The van der Waals surface area contributed by atoms with Crippen LogP contribution in [-0.4, -0.2) is 235 Å². The second-order valence-corrected chi connectivity index (χ2v) is 38.0. The van der Waals surface area contributed by atoms with Crippen LogP contribution in [0.25, 0.3) is 108 Å². The minimum atomic E-state index is -4.67. The Hall–Kier alpha value is -12.5. The molecule has 0 bridgehead atoms. The number of anilines is 6. The monoisotopic (exact) mass is 1950 g/mol. The fraction of sp³-hybridized carbons (Fsp3) is 0.363. The van der Waals surface area contributed by atoms with Gasteiger partial charge >= 0.3 is 31.9 Å². The molecule has 14 aromatic rings. The maximum atomic E-state index is 12.2. The van der Waals surface area contributed by atoms with Gasteiger partial charge < -0.3 is 75.5 Å². The number of nitrogens with zero attached hydrogens (tertiary/aromatic N) is 16. The first-order valence-corrected chi connectivity index (χ1v) is 48.6. The number of carbonyl (C=O) groups is 4. The smallest absolute Gasteiger partial charge is 0.383 e. The molecule has 40 nitrogen and oxygen atoms in total. The Kier molecular flexibility index (Phi) is 32.6. The first-order chi connectivity index (χ1) is 65.2. The van der Waals surface area contributed by atoms with Gasteiger partial charge in [-0.2, -0.15) is 0 Å². The van der Waals surface area contributed by atoms with Crippen LogP contribution in [0.5, 0.6) is 0 Å². The number of benzene rings is 4. The van der Waals surface area contributed by atoms with Gasteiger partial charge in [-0.1, -0.05) is 51.4 Å². The maximum Gasteiger partial charge on any atom is 0.470 e. The number of urea groups is 4. The van der Waals surface area contributed by atoms with E-state index < -0.39 is 30.7 Å². The average Bonchev–Trinajstić information content (AvgIpc) is 1.48. The van der Waals surface area contributed by atoms with Crippen molar-refractivity contribution in [1.29, 1.82) is 0 Å². The third kappa shape index (κ3) is 25.8. The zero-order valence-corrected chi connectivity index (χ0v) is 80.8. The lowest BCUT2D eigenvalue weighted by molar-refractivity contribution is -0.189. The van der Waals surface area contributed by atoms with Crippen molar-refractivity contribution in [3.05, 3.63) is 170 Å². The predicted octanol–water partition coefficient (Wildman–Crippen LogP) is 14.0. The molecule has 3 aliphatic rings. The summed E-state index contributed by atoms with van der Waals surface area (Å²) in [5.74, 6) is 1.20. The highest BCUT2D eigenvalue weighted by molar-refractivity contribution is 7.46. The standard InChI is InChI=1S/C29H33N7O4S.C21H21N6O5PS.C21H26N6O3S.C20H26N6O3S/c1-4-30-27(37)35-28-34-24-9-20(21-10-32-26(33-11-21)29(38)15-39-16-29)8-22(25(24)41-28)23-7-19(5-6-31-23)14-36-12-17(2)40-18(3)13-36;1-3-22-20(28)27-21-26-17-9-13(8-15(18(17)34-21)16-6-4-5-7-23-16)14-10-24-19(25-11-14)12(2)32-33(29,30)31;1-4-22-19(28)26-20-25-15-9-13(14-11-23-18(24-12-14)21(2,3)29)10-16(17(15)31-20)27-5-7-30-8-6-27;1-5-21-18(27)26-19-25-15-8-13(12-10-23-17(24-11-12)20(2,3)28)14(9-16(15)30-19)22-6-7-29-4/h5-11,17-18,38H,4,12-16H2,1-3H3,(H2,30,34,35,37);4-12H,3H2,1-2H3,(H2,29,30,31)(H2,22,26,27,28);9-12,29H,4-8H2,1-3H3,(H2,22,25,26,28);8-11,22,28H,5-7H2,1-4H3,(H2,21,25,26,27)/t17-,18+;;;. The molecule has 3 aliphatic heterocycles. The van der Waals surface area contributed by atoms with Gasteiger partial charge in [-0.3, -0.25) is 40.7 Å². The summed E-state index contributed by atoms with van der Waals surface area (Å²) in [6.45, 7) is 28.8. The van der Waals surface area contributed by atoms with Gasteiger partial charge in [0.2, 0.25) is 0 Å². The molecule has 13 heterocycles. The summed E-state index contributed by atoms with van der Waals surface area (Å²) in [7, 11) is -3.02. The third-order valence-corrected chi connectivity index (χ3v) is 25.5. The van der Waals surface area contributed by atoms with E-state index in [0.29, 0.717) is 102 Å². The van der Waals surface area contributed by atoms with Crippen LogP contribution in [0.4, 0.5) is 51.1 Å². The van der Waals surface area contributed by atoms with Gasteiger partial charge in [0, 0.05) is 179 Å². The van der Waals surface area contributed by atoms with Gasteiger partial charge in [0.1, 0.15) is 17.3 Å².